The molecule has 0 bridgehead atoms. The van der Waals surface area contributed by atoms with Crippen LogP contribution in [-0.4, -0.2) is 28.0 Å². The van der Waals surface area contributed by atoms with E-state index in [1.807, 2.05) is 6.07 Å². The van der Waals surface area contributed by atoms with Crippen LogP contribution >= 0.6 is 0 Å². The van der Waals surface area contributed by atoms with Crippen molar-refractivity contribution in [3.63, 3.8) is 0 Å². The molecule has 8 heteroatoms. The maximum Gasteiger partial charge on any atom is 0.272 e. The molecule has 144 valence electrons. The Morgan fingerprint density at radius 2 is 1.74 bits per heavy atom. The lowest BCUT2D eigenvalue weighted by molar-refractivity contribution is -0.123. The molecule has 3 rings (SSSR count). The van der Waals surface area contributed by atoms with Crippen molar-refractivity contribution in [3.8, 4) is 11.5 Å². The van der Waals surface area contributed by atoms with E-state index in [4.69, 9.17) is 9.47 Å². The number of fused-ring (bicyclic) bond motifs is 1. The highest BCUT2D eigenvalue weighted by molar-refractivity contribution is 7.89. The van der Waals surface area contributed by atoms with E-state index in [-0.39, 0.29) is 11.5 Å². The largest absolute Gasteiger partial charge is 0.493 e. The van der Waals surface area contributed by atoms with Gasteiger partial charge in [0.15, 0.2) is 18.1 Å². The number of sulfonamides is 1. The molecule has 0 aliphatic heterocycles. The summed E-state index contributed by atoms with van der Waals surface area (Å²) >= 11 is 0. The number of para-hydroxylation sites is 2. The van der Waals surface area contributed by atoms with E-state index >= 15 is 0 Å². The van der Waals surface area contributed by atoms with E-state index < -0.39 is 15.9 Å². The Balaban J connectivity index is 1.57. The number of hydrazine groups is 1. The highest BCUT2D eigenvalue weighted by atomic mass is 32.2. The van der Waals surface area contributed by atoms with Crippen LogP contribution in [0.5, 0.6) is 11.5 Å². The molecule has 0 atom stereocenters. The molecule has 2 N–H and O–H groups in total. The summed E-state index contributed by atoms with van der Waals surface area (Å²) in [5.41, 5.74) is 4.41. The van der Waals surface area contributed by atoms with E-state index in [1.165, 1.54) is 12.7 Å². The summed E-state index contributed by atoms with van der Waals surface area (Å²) in [5.74, 6) is 0.259. The van der Waals surface area contributed by atoms with E-state index in [0.717, 1.165) is 31.2 Å². The van der Waals surface area contributed by atoms with Crippen LogP contribution in [0.4, 0.5) is 0 Å². The summed E-state index contributed by atoms with van der Waals surface area (Å²) in [6.07, 6.45) is 4.03. The second-order valence-electron chi connectivity index (χ2n) is 6.23. The molecule has 0 aromatic heterocycles. The first kappa shape index (κ1) is 19.2. The number of methoxy groups -OCH3 is 1. The molecule has 0 saturated heterocycles. The van der Waals surface area contributed by atoms with Crippen molar-refractivity contribution in [3.05, 3.63) is 53.6 Å². The molecule has 1 aliphatic carbocycles. The topological polar surface area (TPSA) is 93.7 Å². The first-order valence-corrected chi connectivity index (χ1v) is 10.2. The Morgan fingerprint density at radius 1 is 1.04 bits per heavy atom. The number of nitrogens with one attached hydrogen (secondary N) is 2. The minimum Gasteiger partial charge on any atom is -0.493 e. The summed E-state index contributed by atoms with van der Waals surface area (Å²) in [6, 6.07) is 12.0. The minimum atomic E-state index is -3.85. The van der Waals surface area contributed by atoms with Gasteiger partial charge in [-0.3, -0.25) is 10.2 Å². The smallest absolute Gasteiger partial charge is 0.272 e. The SMILES string of the molecule is COc1ccccc1OCC(=O)NNS(=O)(=O)c1ccc2c(c1)CCCC2. The highest BCUT2D eigenvalue weighted by Gasteiger charge is 2.18. The van der Waals surface area contributed by atoms with Gasteiger partial charge in [0, 0.05) is 0 Å². The monoisotopic (exact) mass is 390 g/mol. The lowest BCUT2D eigenvalue weighted by Crippen LogP contribution is -2.43. The Kier molecular flexibility index (Phi) is 5.98. The fraction of sp³-hybridized carbons (Fsp3) is 0.316. The maximum atomic E-state index is 12.4. The van der Waals surface area contributed by atoms with Gasteiger partial charge in [0.25, 0.3) is 15.9 Å². The number of amides is 1. The Hall–Kier alpha value is -2.58. The number of hydrogen-bond donors (Lipinski definition) is 2. The van der Waals surface area contributed by atoms with Crippen LogP contribution < -0.4 is 19.7 Å². The van der Waals surface area contributed by atoms with Gasteiger partial charge in [-0.15, -0.1) is 4.83 Å². The van der Waals surface area contributed by atoms with Gasteiger partial charge in [0.2, 0.25) is 0 Å². The number of rotatable bonds is 7. The zero-order valence-corrected chi connectivity index (χ0v) is 15.8. The van der Waals surface area contributed by atoms with Crippen LogP contribution in [-0.2, 0) is 27.7 Å². The third kappa shape index (κ3) is 4.78. The molecule has 27 heavy (non-hydrogen) atoms. The lowest BCUT2D eigenvalue weighted by atomic mass is 9.92. The quantitative estimate of drug-likeness (QED) is 0.705. The van der Waals surface area contributed by atoms with Crippen LogP contribution in [0.2, 0.25) is 0 Å². The molecule has 0 saturated carbocycles. The Bertz CT molecular complexity index is 927. The molecular weight excluding hydrogens is 368 g/mol. The molecular formula is C19H22N2O5S. The fourth-order valence-electron chi connectivity index (χ4n) is 2.98. The number of hydrogen-bond acceptors (Lipinski definition) is 5. The summed E-state index contributed by atoms with van der Waals surface area (Å²) in [4.78, 5) is 14.2. The van der Waals surface area contributed by atoms with Gasteiger partial charge < -0.3 is 9.47 Å². The number of ether oxygens (including phenoxy) is 2. The zero-order chi connectivity index (χ0) is 19.3. The first-order valence-electron chi connectivity index (χ1n) is 8.68. The minimum absolute atomic E-state index is 0.133. The normalized spacial score (nSPS) is 13.5. The molecule has 0 spiro atoms. The van der Waals surface area contributed by atoms with Gasteiger partial charge in [-0.05, 0) is 61.1 Å². The predicted octanol–water partition coefficient (Wildman–Crippen LogP) is 1.96. The van der Waals surface area contributed by atoms with Crippen molar-refractivity contribution in [1.29, 1.82) is 0 Å². The van der Waals surface area contributed by atoms with Gasteiger partial charge in [0.1, 0.15) is 0 Å². The maximum absolute atomic E-state index is 12.4. The average molecular weight is 390 g/mol. The van der Waals surface area contributed by atoms with Gasteiger partial charge in [-0.1, -0.05) is 18.2 Å². The van der Waals surface area contributed by atoms with Crippen LogP contribution in [0, 0.1) is 0 Å². The van der Waals surface area contributed by atoms with Gasteiger partial charge in [0.05, 0.1) is 12.0 Å². The molecule has 1 amide bonds. The van der Waals surface area contributed by atoms with Gasteiger partial charge in [-0.2, -0.15) is 0 Å². The Morgan fingerprint density at radius 3 is 2.48 bits per heavy atom. The van der Waals surface area contributed by atoms with Crippen molar-refractivity contribution in [1.82, 2.24) is 10.3 Å². The average Bonchev–Trinajstić information content (AvgIpc) is 2.70. The number of aryl methyl sites for hydroxylation is 2. The standard InChI is InChI=1S/C19H22N2O5S/c1-25-17-8-4-5-9-18(17)26-13-19(22)20-21-27(23,24)16-11-10-14-6-2-3-7-15(14)12-16/h4-5,8-12,21H,2-3,6-7,13H2,1H3,(H,20,22). The van der Waals surface area contributed by atoms with E-state index in [1.54, 1.807) is 36.4 Å². The van der Waals surface area contributed by atoms with Gasteiger partial charge in [-0.25, -0.2) is 8.42 Å². The molecule has 1 aliphatic rings. The first-order chi connectivity index (χ1) is 13.0. The lowest BCUT2D eigenvalue weighted by Gasteiger charge is -2.17. The molecule has 7 nitrogen and oxygen atoms in total. The van der Waals surface area contributed by atoms with Crippen LogP contribution in [0.1, 0.15) is 24.0 Å². The van der Waals surface area contributed by atoms with Crippen molar-refractivity contribution in [2.24, 2.45) is 0 Å². The molecule has 0 fully saturated rings. The van der Waals surface area contributed by atoms with Crippen molar-refractivity contribution >= 4 is 15.9 Å². The van der Waals surface area contributed by atoms with E-state index in [2.05, 4.69) is 10.3 Å². The molecule has 0 unspecified atom stereocenters. The molecule has 0 heterocycles. The Labute approximate surface area is 158 Å². The number of carbonyl (C=O) groups excluding carboxylic acids is 1. The van der Waals surface area contributed by atoms with Crippen molar-refractivity contribution in [2.45, 2.75) is 30.6 Å². The third-order valence-electron chi connectivity index (χ3n) is 4.38. The van der Waals surface area contributed by atoms with Crippen LogP contribution in [0.15, 0.2) is 47.4 Å². The van der Waals surface area contributed by atoms with E-state index in [0.29, 0.717) is 11.5 Å². The fourth-order valence-corrected chi connectivity index (χ4v) is 3.89. The predicted molar refractivity (Wildman–Crippen MR) is 100 cm³/mol. The van der Waals surface area contributed by atoms with Crippen molar-refractivity contribution < 1.29 is 22.7 Å². The zero-order valence-electron chi connectivity index (χ0n) is 15.0. The number of carbonyl (C=O) groups is 1. The van der Waals surface area contributed by atoms with Crippen molar-refractivity contribution in [2.75, 3.05) is 13.7 Å². The third-order valence-corrected chi connectivity index (χ3v) is 5.63. The molecule has 2 aromatic rings. The highest BCUT2D eigenvalue weighted by Crippen LogP contribution is 2.25. The number of benzene rings is 2. The summed E-state index contributed by atoms with van der Waals surface area (Å²) in [6.45, 7) is -0.354. The van der Waals surface area contributed by atoms with E-state index in [9.17, 15) is 13.2 Å². The van der Waals surface area contributed by atoms with Crippen LogP contribution in [0.25, 0.3) is 0 Å². The summed E-state index contributed by atoms with van der Waals surface area (Å²) < 4.78 is 35.3. The molecule has 0 radical (unpaired) electrons. The van der Waals surface area contributed by atoms with Gasteiger partial charge >= 0.3 is 0 Å². The van der Waals surface area contributed by atoms with Crippen LogP contribution in [0.3, 0.4) is 0 Å². The molecule has 2 aromatic carbocycles. The second-order valence-corrected chi connectivity index (χ2v) is 7.91. The summed E-state index contributed by atoms with van der Waals surface area (Å²) in [7, 11) is -2.35. The summed E-state index contributed by atoms with van der Waals surface area (Å²) in [5, 5.41) is 0. The second kappa shape index (κ2) is 8.41.